The van der Waals surface area contributed by atoms with E-state index >= 15 is 0 Å². The fourth-order valence-electron chi connectivity index (χ4n) is 3.62. The lowest BCUT2D eigenvalue weighted by Gasteiger charge is -2.22. The van der Waals surface area contributed by atoms with E-state index in [2.05, 4.69) is 0 Å². The Morgan fingerprint density at radius 1 is 1.28 bits per heavy atom. The molecule has 1 aliphatic heterocycles. The standard InChI is InChI=1S/C21H24N2O5S/c1-12-10-15(13(2)28-12)20(24)23(11-14-6-5-9-27-14)21-22-18-16(25-3)7-8-17(26-4)19(18)29-21/h7-8,10,14H,5-6,9,11H2,1-4H3/t14-/m1/s1. The fourth-order valence-corrected chi connectivity index (χ4v) is 4.70. The van der Waals surface area contributed by atoms with Gasteiger partial charge in [-0.1, -0.05) is 11.3 Å². The minimum atomic E-state index is -0.146. The molecule has 1 amide bonds. The summed E-state index contributed by atoms with van der Waals surface area (Å²) in [7, 11) is 3.22. The van der Waals surface area contributed by atoms with Crippen molar-refractivity contribution in [3.8, 4) is 11.5 Å². The molecule has 2 aromatic heterocycles. The van der Waals surface area contributed by atoms with Gasteiger partial charge in [0.05, 0.1) is 32.4 Å². The van der Waals surface area contributed by atoms with E-state index in [4.69, 9.17) is 23.6 Å². The number of methoxy groups -OCH3 is 2. The van der Waals surface area contributed by atoms with Gasteiger partial charge in [0.15, 0.2) is 5.13 Å². The molecule has 1 fully saturated rings. The molecule has 1 aromatic carbocycles. The quantitative estimate of drug-likeness (QED) is 0.595. The van der Waals surface area contributed by atoms with Gasteiger partial charge in [-0.25, -0.2) is 4.98 Å². The number of carbonyl (C=O) groups excluding carboxylic acids is 1. The van der Waals surface area contributed by atoms with E-state index < -0.39 is 0 Å². The van der Waals surface area contributed by atoms with Gasteiger partial charge >= 0.3 is 0 Å². The zero-order valence-electron chi connectivity index (χ0n) is 17.0. The van der Waals surface area contributed by atoms with Crippen molar-refractivity contribution in [3.63, 3.8) is 0 Å². The van der Waals surface area contributed by atoms with Gasteiger partial charge in [0, 0.05) is 6.61 Å². The molecule has 0 N–H and O–H groups in total. The number of benzene rings is 1. The van der Waals surface area contributed by atoms with Crippen molar-refractivity contribution in [2.75, 3.05) is 32.3 Å². The van der Waals surface area contributed by atoms with Gasteiger partial charge < -0.3 is 18.6 Å². The molecule has 7 nitrogen and oxygen atoms in total. The molecule has 0 radical (unpaired) electrons. The number of aromatic nitrogens is 1. The van der Waals surface area contributed by atoms with Gasteiger partial charge in [0.25, 0.3) is 5.91 Å². The van der Waals surface area contributed by atoms with E-state index in [0.717, 1.165) is 24.1 Å². The Bertz CT molecular complexity index is 994. The Balaban J connectivity index is 1.80. The van der Waals surface area contributed by atoms with Crippen LogP contribution in [0.2, 0.25) is 0 Å². The van der Waals surface area contributed by atoms with Crippen molar-refractivity contribution in [2.24, 2.45) is 0 Å². The molecule has 1 saturated heterocycles. The second-order valence-electron chi connectivity index (χ2n) is 7.02. The molecule has 0 unspecified atom stereocenters. The third-order valence-corrected chi connectivity index (χ3v) is 6.15. The Morgan fingerprint density at radius 2 is 2.03 bits per heavy atom. The molecule has 4 rings (SSSR count). The molecule has 0 bridgehead atoms. The summed E-state index contributed by atoms with van der Waals surface area (Å²) < 4.78 is 23.2. The van der Waals surface area contributed by atoms with E-state index in [-0.39, 0.29) is 12.0 Å². The number of fused-ring (bicyclic) bond motifs is 1. The highest BCUT2D eigenvalue weighted by Gasteiger charge is 2.29. The molecular formula is C21H24N2O5S. The van der Waals surface area contributed by atoms with Crippen molar-refractivity contribution in [1.29, 1.82) is 0 Å². The van der Waals surface area contributed by atoms with E-state index in [9.17, 15) is 4.79 Å². The smallest absolute Gasteiger partial charge is 0.263 e. The SMILES string of the molecule is COc1ccc(OC)c2sc(N(C[C@H]3CCCO3)C(=O)c3cc(C)oc3C)nc12. The van der Waals surface area contributed by atoms with E-state index in [0.29, 0.717) is 45.8 Å². The average molecular weight is 416 g/mol. The number of amides is 1. The van der Waals surface area contributed by atoms with Gasteiger partial charge in [0.1, 0.15) is 33.2 Å². The minimum absolute atomic E-state index is 0.0111. The average Bonchev–Trinajstić information content (AvgIpc) is 3.44. The lowest BCUT2D eigenvalue weighted by atomic mass is 10.2. The maximum atomic E-state index is 13.5. The summed E-state index contributed by atoms with van der Waals surface area (Å²) >= 11 is 1.41. The van der Waals surface area contributed by atoms with Crippen LogP contribution in [0.5, 0.6) is 11.5 Å². The van der Waals surface area contributed by atoms with Crippen LogP contribution in [0.3, 0.4) is 0 Å². The van der Waals surface area contributed by atoms with Crippen LogP contribution in [0.4, 0.5) is 5.13 Å². The Morgan fingerprint density at radius 3 is 2.66 bits per heavy atom. The van der Waals surface area contributed by atoms with Gasteiger partial charge in [-0.05, 0) is 44.9 Å². The third kappa shape index (κ3) is 3.70. The Hall–Kier alpha value is -2.58. The summed E-state index contributed by atoms with van der Waals surface area (Å²) in [5.41, 5.74) is 1.22. The summed E-state index contributed by atoms with van der Waals surface area (Å²) in [6.07, 6.45) is 1.91. The maximum Gasteiger partial charge on any atom is 0.263 e. The molecule has 29 heavy (non-hydrogen) atoms. The van der Waals surface area contributed by atoms with Crippen molar-refractivity contribution in [1.82, 2.24) is 4.98 Å². The van der Waals surface area contributed by atoms with Gasteiger partial charge in [-0.15, -0.1) is 0 Å². The lowest BCUT2D eigenvalue weighted by molar-refractivity contribution is 0.0916. The van der Waals surface area contributed by atoms with Crippen molar-refractivity contribution >= 4 is 32.6 Å². The number of thiazole rings is 1. The van der Waals surface area contributed by atoms with Crippen LogP contribution in [-0.4, -0.2) is 44.4 Å². The van der Waals surface area contributed by atoms with Crippen molar-refractivity contribution in [3.05, 3.63) is 35.3 Å². The highest BCUT2D eigenvalue weighted by atomic mass is 32.1. The van der Waals surface area contributed by atoms with Crippen LogP contribution in [0.25, 0.3) is 10.2 Å². The molecule has 0 spiro atoms. The zero-order chi connectivity index (χ0) is 20.5. The molecule has 0 aliphatic carbocycles. The third-order valence-electron chi connectivity index (χ3n) is 5.06. The molecular weight excluding hydrogens is 392 g/mol. The number of furan rings is 1. The molecule has 8 heteroatoms. The van der Waals surface area contributed by atoms with Gasteiger partial charge in [0.2, 0.25) is 0 Å². The van der Waals surface area contributed by atoms with Crippen LogP contribution in [0, 0.1) is 13.8 Å². The first-order valence-corrected chi connectivity index (χ1v) is 10.4. The number of carbonyl (C=O) groups is 1. The van der Waals surface area contributed by atoms with Crippen LogP contribution in [0.1, 0.15) is 34.7 Å². The zero-order valence-corrected chi connectivity index (χ0v) is 17.8. The molecule has 1 aliphatic rings. The Kier molecular flexibility index (Phi) is 5.47. The van der Waals surface area contributed by atoms with Gasteiger partial charge in [-0.3, -0.25) is 9.69 Å². The molecule has 154 valence electrons. The first kappa shape index (κ1) is 19.7. The molecule has 1 atom stereocenters. The topological polar surface area (TPSA) is 74.0 Å². The molecule has 0 saturated carbocycles. The second kappa shape index (κ2) is 8.04. The number of rotatable bonds is 6. The second-order valence-corrected chi connectivity index (χ2v) is 8.00. The van der Waals surface area contributed by atoms with Crippen molar-refractivity contribution < 1.29 is 23.4 Å². The highest BCUT2D eigenvalue weighted by molar-refractivity contribution is 7.22. The largest absolute Gasteiger partial charge is 0.495 e. The number of hydrogen-bond acceptors (Lipinski definition) is 7. The summed E-state index contributed by atoms with van der Waals surface area (Å²) in [5, 5.41) is 0.585. The van der Waals surface area contributed by atoms with E-state index in [1.54, 1.807) is 32.1 Å². The highest BCUT2D eigenvalue weighted by Crippen LogP contribution is 2.40. The summed E-state index contributed by atoms with van der Waals surface area (Å²) in [5.74, 6) is 2.50. The lowest BCUT2D eigenvalue weighted by Crippen LogP contribution is -2.37. The number of aryl methyl sites for hydroxylation is 2. The first-order valence-electron chi connectivity index (χ1n) is 9.53. The number of anilines is 1. The van der Waals surface area contributed by atoms with Gasteiger partial charge in [-0.2, -0.15) is 0 Å². The monoisotopic (exact) mass is 416 g/mol. The fraction of sp³-hybridized carbons (Fsp3) is 0.429. The van der Waals surface area contributed by atoms with Crippen molar-refractivity contribution in [2.45, 2.75) is 32.8 Å². The van der Waals surface area contributed by atoms with E-state index in [1.165, 1.54) is 11.3 Å². The van der Waals surface area contributed by atoms with Crippen LogP contribution < -0.4 is 14.4 Å². The summed E-state index contributed by atoms with van der Waals surface area (Å²) in [6, 6.07) is 5.44. The molecule has 3 heterocycles. The first-order chi connectivity index (χ1) is 14.0. The maximum absolute atomic E-state index is 13.5. The Labute approximate surface area is 173 Å². The summed E-state index contributed by atoms with van der Waals surface area (Å²) in [4.78, 5) is 19.9. The van der Waals surface area contributed by atoms with E-state index in [1.807, 2.05) is 19.1 Å². The number of ether oxygens (including phenoxy) is 3. The normalized spacial score (nSPS) is 16.3. The predicted octanol–water partition coefficient (Wildman–Crippen LogP) is 4.35. The molecule has 3 aromatic rings. The number of hydrogen-bond donors (Lipinski definition) is 0. The van der Waals surface area contributed by atoms with Crippen LogP contribution in [-0.2, 0) is 4.74 Å². The predicted molar refractivity (Wildman–Crippen MR) is 112 cm³/mol. The van der Waals surface area contributed by atoms with Crippen LogP contribution >= 0.6 is 11.3 Å². The number of nitrogens with zero attached hydrogens (tertiary/aromatic N) is 2. The van der Waals surface area contributed by atoms with Crippen LogP contribution in [0.15, 0.2) is 22.6 Å². The summed E-state index contributed by atoms with van der Waals surface area (Å²) in [6.45, 7) is 4.79. The minimum Gasteiger partial charge on any atom is -0.495 e.